The van der Waals surface area contributed by atoms with Crippen molar-refractivity contribution in [3.05, 3.63) is 53.7 Å². The van der Waals surface area contributed by atoms with E-state index in [9.17, 15) is 5.11 Å². The monoisotopic (exact) mass is 286 g/mol. The molecule has 1 atom stereocenters. The van der Waals surface area contributed by atoms with Gasteiger partial charge < -0.3 is 14.7 Å². The highest BCUT2D eigenvalue weighted by Crippen LogP contribution is 2.22. The SMILES string of the molecule is COc1ccccc1CC(C)N(C)c1cccc(CO)n1. The molecule has 0 saturated heterocycles. The molecular weight excluding hydrogens is 264 g/mol. The predicted molar refractivity (Wildman–Crippen MR) is 84.7 cm³/mol. The van der Waals surface area contributed by atoms with Gasteiger partial charge in [0.1, 0.15) is 11.6 Å². The molecule has 0 aliphatic carbocycles. The van der Waals surface area contributed by atoms with Crippen molar-refractivity contribution in [2.75, 3.05) is 19.1 Å². The summed E-state index contributed by atoms with van der Waals surface area (Å²) in [6.07, 6.45) is 0.867. The average Bonchev–Trinajstić information content (AvgIpc) is 2.54. The molecule has 4 heteroatoms. The molecule has 1 aromatic heterocycles. The summed E-state index contributed by atoms with van der Waals surface area (Å²) >= 11 is 0. The number of hydrogen-bond acceptors (Lipinski definition) is 4. The highest BCUT2D eigenvalue weighted by atomic mass is 16.5. The number of nitrogens with zero attached hydrogens (tertiary/aromatic N) is 2. The maximum atomic E-state index is 9.19. The predicted octanol–water partition coefficient (Wildman–Crippen LogP) is 2.65. The van der Waals surface area contributed by atoms with E-state index in [1.165, 1.54) is 5.56 Å². The van der Waals surface area contributed by atoms with Crippen molar-refractivity contribution in [2.45, 2.75) is 26.0 Å². The fourth-order valence-electron chi connectivity index (χ4n) is 2.30. The Kier molecular flexibility index (Phi) is 5.17. The summed E-state index contributed by atoms with van der Waals surface area (Å²) < 4.78 is 5.40. The standard InChI is InChI=1S/C17H22N2O2/c1-13(11-14-7-4-5-9-16(14)21-3)19(2)17-10-6-8-15(12-20)18-17/h4-10,13,20H,11-12H2,1-3H3. The van der Waals surface area contributed by atoms with Crippen molar-refractivity contribution in [2.24, 2.45) is 0 Å². The summed E-state index contributed by atoms with van der Waals surface area (Å²) in [5, 5.41) is 9.19. The molecule has 0 aliphatic rings. The number of para-hydroxylation sites is 1. The zero-order chi connectivity index (χ0) is 15.2. The second-order valence-corrected chi connectivity index (χ2v) is 5.12. The number of ether oxygens (including phenoxy) is 1. The summed E-state index contributed by atoms with van der Waals surface area (Å²) in [5.41, 5.74) is 1.86. The van der Waals surface area contributed by atoms with Crippen LogP contribution in [0.25, 0.3) is 0 Å². The molecular formula is C17H22N2O2. The molecule has 0 spiro atoms. The lowest BCUT2D eigenvalue weighted by atomic mass is 10.1. The lowest BCUT2D eigenvalue weighted by molar-refractivity contribution is 0.277. The van der Waals surface area contributed by atoms with Gasteiger partial charge in [-0.05, 0) is 37.1 Å². The molecule has 0 fully saturated rings. The summed E-state index contributed by atoms with van der Waals surface area (Å²) in [4.78, 5) is 6.56. The molecule has 4 nitrogen and oxygen atoms in total. The van der Waals surface area contributed by atoms with Crippen molar-refractivity contribution in [3.8, 4) is 5.75 Å². The Morgan fingerprint density at radius 3 is 2.67 bits per heavy atom. The van der Waals surface area contributed by atoms with Crippen LogP contribution in [-0.2, 0) is 13.0 Å². The van der Waals surface area contributed by atoms with Crippen molar-refractivity contribution in [1.29, 1.82) is 0 Å². The molecule has 1 heterocycles. The van der Waals surface area contributed by atoms with Crippen LogP contribution >= 0.6 is 0 Å². The minimum atomic E-state index is -0.0391. The minimum absolute atomic E-state index is 0.0391. The maximum Gasteiger partial charge on any atom is 0.128 e. The molecule has 112 valence electrons. The van der Waals surface area contributed by atoms with Gasteiger partial charge in [-0.25, -0.2) is 4.98 Å². The number of benzene rings is 1. The van der Waals surface area contributed by atoms with E-state index in [2.05, 4.69) is 22.9 Å². The quantitative estimate of drug-likeness (QED) is 0.887. The van der Waals surface area contributed by atoms with E-state index in [-0.39, 0.29) is 12.6 Å². The Balaban J connectivity index is 2.13. The number of methoxy groups -OCH3 is 1. The van der Waals surface area contributed by atoms with Crippen molar-refractivity contribution in [3.63, 3.8) is 0 Å². The number of pyridine rings is 1. The summed E-state index contributed by atoms with van der Waals surface area (Å²) in [6.45, 7) is 2.11. The minimum Gasteiger partial charge on any atom is -0.496 e. The lowest BCUT2D eigenvalue weighted by Gasteiger charge is -2.27. The van der Waals surface area contributed by atoms with Gasteiger partial charge in [0.25, 0.3) is 0 Å². The second-order valence-electron chi connectivity index (χ2n) is 5.12. The smallest absolute Gasteiger partial charge is 0.128 e. The van der Waals surface area contributed by atoms with E-state index in [4.69, 9.17) is 4.74 Å². The lowest BCUT2D eigenvalue weighted by Crippen LogP contribution is -2.31. The van der Waals surface area contributed by atoms with Gasteiger partial charge in [-0.1, -0.05) is 24.3 Å². The number of likely N-dealkylation sites (N-methyl/N-ethyl adjacent to an activating group) is 1. The summed E-state index contributed by atoms with van der Waals surface area (Å²) in [6, 6.07) is 14.0. The van der Waals surface area contributed by atoms with E-state index in [1.807, 2.05) is 43.4 Å². The van der Waals surface area contributed by atoms with Crippen LogP contribution in [0, 0.1) is 0 Å². The van der Waals surface area contributed by atoms with Crippen LogP contribution in [0.15, 0.2) is 42.5 Å². The molecule has 1 N–H and O–H groups in total. The van der Waals surface area contributed by atoms with Crippen LogP contribution in [0.4, 0.5) is 5.82 Å². The van der Waals surface area contributed by atoms with Crippen LogP contribution in [0.3, 0.4) is 0 Å². The topological polar surface area (TPSA) is 45.6 Å². The first kappa shape index (κ1) is 15.3. The zero-order valence-electron chi connectivity index (χ0n) is 12.8. The number of aliphatic hydroxyl groups is 1. The third-order valence-corrected chi connectivity index (χ3v) is 3.68. The number of hydrogen-bond donors (Lipinski definition) is 1. The number of anilines is 1. The van der Waals surface area contributed by atoms with Crippen LogP contribution in [0.1, 0.15) is 18.2 Å². The largest absolute Gasteiger partial charge is 0.496 e. The van der Waals surface area contributed by atoms with Crippen molar-refractivity contribution >= 4 is 5.82 Å². The van der Waals surface area contributed by atoms with Crippen LogP contribution in [0.5, 0.6) is 5.75 Å². The number of aromatic nitrogens is 1. The third kappa shape index (κ3) is 3.73. The Morgan fingerprint density at radius 2 is 1.95 bits per heavy atom. The average molecular weight is 286 g/mol. The third-order valence-electron chi connectivity index (χ3n) is 3.68. The van der Waals surface area contributed by atoms with Gasteiger partial charge in [0.05, 0.1) is 19.4 Å². The Bertz CT molecular complexity index is 587. The van der Waals surface area contributed by atoms with E-state index < -0.39 is 0 Å². The summed E-state index contributed by atoms with van der Waals surface area (Å²) in [5.74, 6) is 1.78. The first-order valence-electron chi connectivity index (χ1n) is 7.07. The van der Waals surface area contributed by atoms with Crippen molar-refractivity contribution < 1.29 is 9.84 Å². The Morgan fingerprint density at radius 1 is 1.19 bits per heavy atom. The highest BCUT2D eigenvalue weighted by Gasteiger charge is 2.14. The normalized spacial score (nSPS) is 12.0. The van der Waals surface area contributed by atoms with E-state index in [0.717, 1.165) is 18.0 Å². The van der Waals surface area contributed by atoms with Gasteiger partial charge in [-0.15, -0.1) is 0 Å². The van der Waals surface area contributed by atoms with Crippen molar-refractivity contribution in [1.82, 2.24) is 4.98 Å². The first-order chi connectivity index (χ1) is 10.2. The molecule has 0 saturated carbocycles. The second kappa shape index (κ2) is 7.09. The zero-order valence-corrected chi connectivity index (χ0v) is 12.8. The van der Waals surface area contributed by atoms with E-state index in [1.54, 1.807) is 7.11 Å². The van der Waals surface area contributed by atoms with E-state index in [0.29, 0.717) is 5.69 Å². The molecule has 0 bridgehead atoms. The molecule has 0 amide bonds. The Hall–Kier alpha value is -2.07. The molecule has 21 heavy (non-hydrogen) atoms. The molecule has 1 unspecified atom stereocenters. The molecule has 1 aromatic carbocycles. The van der Waals surface area contributed by atoms with Crippen LogP contribution in [-0.4, -0.2) is 30.3 Å². The molecule has 0 aliphatic heterocycles. The summed E-state index contributed by atoms with van der Waals surface area (Å²) in [7, 11) is 3.71. The molecule has 2 aromatic rings. The molecule has 0 radical (unpaired) electrons. The molecule has 2 rings (SSSR count). The van der Waals surface area contributed by atoms with Gasteiger partial charge in [0.2, 0.25) is 0 Å². The van der Waals surface area contributed by atoms with Gasteiger partial charge >= 0.3 is 0 Å². The van der Waals surface area contributed by atoms with Gasteiger partial charge in [0, 0.05) is 13.1 Å². The van der Waals surface area contributed by atoms with Gasteiger partial charge in [0.15, 0.2) is 0 Å². The first-order valence-corrected chi connectivity index (χ1v) is 7.07. The highest BCUT2D eigenvalue weighted by molar-refractivity contribution is 5.41. The van der Waals surface area contributed by atoms with Crippen LogP contribution in [0.2, 0.25) is 0 Å². The number of aliphatic hydroxyl groups excluding tert-OH is 1. The van der Waals surface area contributed by atoms with Crippen LogP contribution < -0.4 is 9.64 Å². The Labute approximate surface area is 126 Å². The van der Waals surface area contributed by atoms with E-state index >= 15 is 0 Å². The fourth-order valence-corrected chi connectivity index (χ4v) is 2.30. The van der Waals surface area contributed by atoms with Gasteiger partial charge in [-0.2, -0.15) is 0 Å². The fraction of sp³-hybridized carbons (Fsp3) is 0.353. The maximum absolute atomic E-state index is 9.19. The number of rotatable bonds is 6. The van der Waals surface area contributed by atoms with Gasteiger partial charge in [-0.3, -0.25) is 0 Å².